The zero-order valence-corrected chi connectivity index (χ0v) is 16.2. The van der Waals surface area contributed by atoms with Crippen LogP contribution in [0.5, 0.6) is 0 Å². The summed E-state index contributed by atoms with van der Waals surface area (Å²) in [6, 6.07) is 0. The van der Waals surface area contributed by atoms with Gasteiger partial charge in [0, 0.05) is 38.0 Å². The number of rotatable bonds is 16. The SMILES string of the molecule is C/C(=C/C(=O)NCCCCOCC1CO1)C(=O)NCCCCOCC1CO1. The Balaban J connectivity index is 1.40. The van der Waals surface area contributed by atoms with E-state index in [0.29, 0.717) is 57.3 Å². The highest BCUT2D eigenvalue weighted by Crippen LogP contribution is 2.09. The fourth-order valence-corrected chi connectivity index (χ4v) is 2.28. The van der Waals surface area contributed by atoms with Crippen LogP contribution in [-0.2, 0) is 28.5 Å². The minimum absolute atomic E-state index is 0.215. The Morgan fingerprint density at radius 1 is 0.926 bits per heavy atom. The second kappa shape index (κ2) is 12.8. The van der Waals surface area contributed by atoms with E-state index in [0.717, 1.165) is 38.9 Å². The number of hydrogen-bond donors (Lipinski definition) is 2. The molecule has 2 aliphatic rings. The molecule has 0 radical (unpaired) electrons. The molecule has 8 heteroatoms. The van der Waals surface area contributed by atoms with Gasteiger partial charge in [0.05, 0.1) is 26.4 Å². The van der Waals surface area contributed by atoms with Gasteiger partial charge in [0.2, 0.25) is 11.8 Å². The predicted octanol–water partition coefficient (Wildman–Crippen LogP) is 0.556. The van der Waals surface area contributed by atoms with Gasteiger partial charge in [-0.15, -0.1) is 0 Å². The normalized spacial score (nSPS) is 21.0. The minimum atomic E-state index is -0.245. The molecule has 2 fully saturated rings. The number of nitrogens with one attached hydrogen (secondary N) is 2. The van der Waals surface area contributed by atoms with Crippen LogP contribution < -0.4 is 10.6 Å². The highest BCUT2D eigenvalue weighted by Gasteiger charge is 2.22. The summed E-state index contributed by atoms with van der Waals surface area (Å²) in [7, 11) is 0. The molecule has 0 aromatic carbocycles. The first-order valence-corrected chi connectivity index (χ1v) is 9.78. The summed E-state index contributed by atoms with van der Waals surface area (Å²) in [5, 5.41) is 5.59. The third-order valence-corrected chi connectivity index (χ3v) is 4.13. The van der Waals surface area contributed by atoms with Gasteiger partial charge >= 0.3 is 0 Å². The zero-order valence-electron chi connectivity index (χ0n) is 16.2. The summed E-state index contributed by atoms with van der Waals surface area (Å²) in [5.74, 6) is -0.459. The van der Waals surface area contributed by atoms with Gasteiger partial charge in [0.15, 0.2) is 0 Å². The summed E-state index contributed by atoms with van der Waals surface area (Å²) in [4.78, 5) is 23.7. The van der Waals surface area contributed by atoms with Crippen molar-refractivity contribution in [2.24, 2.45) is 0 Å². The molecule has 2 unspecified atom stereocenters. The van der Waals surface area contributed by atoms with Crippen LogP contribution in [0.3, 0.4) is 0 Å². The molecule has 8 nitrogen and oxygen atoms in total. The molecule has 154 valence electrons. The Bertz CT molecular complexity index is 489. The van der Waals surface area contributed by atoms with Crippen LogP contribution in [0.4, 0.5) is 0 Å². The van der Waals surface area contributed by atoms with Crippen LogP contribution in [-0.4, -0.2) is 76.8 Å². The van der Waals surface area contributed by atoms with Crippen LogP contribution in [0.1, 0.15) is 32.6 Å². The third kappa shape index (κ3) is 11.8. The molecule has 2 amide bonds. The van der Waals surface area contributed by atoms with Crippen LogP contribution in [0.2, 0.25) is 0 Å². The minimum Gasteiger partial charge on any atom is -0.379 e. The van der Waals surface area contributed by atoms with E-state index in [-0.39, 0.29) is 11.8 Å². The van der Waals surface area contributed by atoms with E-state index in [1.165, 1.54) is 6.08 Å². The van der Waals surface area contributed by atoms with Gasteiger partial charge < -0.3 is 29.6 Å². The molecule has 2 N–H and O–H groups in total. The van der Waals surface area contributed by atoms with Gasteiger partial charge in [0.1, 0.15) is 12.2 Å². The molecule has 27 heavy (non-hydrogen) atoms. The van der Waals surface area contributed by atoms with Crippen LogP contribution in [0.25, 0.3) is 0 Å². The van der Waals surface area contributed by atoms with Gasteiger partial charge in [-0.25, -0.2) is 0 Å². The van der Waals surface area contributed by atoms with Crippen molar-refractivity contribution in [3.63, 3.8) is 0 Å². The number of epoxide rings is 2. The van der Waals surface area contributed by atoms with Crippen molar-refractivity contribution >= 4 is 11.8 Å². The number of hydrogen-bond acceptors (Lipinski definition) is 6. The third-order valence-electron chi connectivity index (χ3n) is 4.13. The van der Waals surface area contributed by atoms with E-state index in [2.05, 4.69) is 10.6 Å². The van der Waals surface area contributed by atoms with Crippen molar-refractivity contribution in [1.29, 1.82) is 0 Å². The summed E-state index contributed by atoms with van der Waals surface area (Å²) in [6.45, 7) is 7.05. The molecule has 0 spiro atoms. The largest absolute Gasteiger partial charge is 0.379 e. The lowest BCUT2D eigenvalue weighted by Gasteiger charge is -2.07. The Kier molecular flexibility index (Phi) is 10.4. The van der Waals surface area contributed by atoms with Crippen LogP contribution >= 0.6 is 0 Å². The highest BCUT2D eigenvalue weighted by atomic mass is 16.6. The topological polar surface area (TPSA) is 102 Å². The Labute approximate surface area is 160 Å². The Morgan fingerprint density at radius 2 is 1.44 bits per heavy atom. The predicted molar refractivity (Wildman–Crippen MR) is 99.4 cm³/mol. The summed E-state index contributed by atoms with van der Waals surface area (Å²) < 4.78 is 21.0. The van der Waals surface area contributed by atoms with Crippen molar-refractivity contribution in [2.45, 2.75) is 44.8 Å². The van der Waals surface area contributed by atoms with E-state index in [9.17, 15) is 9.59 Å². The Hall–Kier alpha value is -1.48. The maximum atomic E-state index is 11.9. The molecule has 0 bridgehead atoms. The van der Waals surface area contributed by atoms with Crippen molar-refractivity contribution in [3.8, 4) is 0 Å². The molecule has 0 aromatic heterocycles. The number of ether oxygens (including phenoxy) is 4. The van der Waals surface area contributed by atoms with Gasteiger partial charge in [-0.3, -0.25) is 9.59 Å². The van der Waals surface area contributed by atoms with E-state index >= 15 is 0 Å². The molecule has 2 aliphatic heterocycles. The molecule has 2 saturated heterocycles. The highest BCUT2D eigenvalue weighted by molar-refractivity contribution is 6.00. The quantitative estimate of drug-likeness (QED) is 0.229. The first-order chi connectivity index (χ1) is 13.1. The molecule has 0 aromatic rings. The average molecular weight is 384 g/mol. The van der Waals surface area contributed by atoms with Crippen molar-refractivity contribution in [2.75, 3.05) is 52.7 Å². The lowest BCUT2D eigenvalue weighted by atomic mass is 10.2. The molecule has 2 atom stereocenters. The van der Waals surface area contributed by atoms with Crippen LogP contribution in [0.15, 0.2) is 11.6 Å². The van der Waals surface area contributed by atoms with Crippen molar-refractivity contribution in [1.82, 2.24) is 10.6 Å². The Morgan fingerprint density at radius 3 is 1.96 bits per heavy atom. The zero-order chi connectivity index (χ0) is 19.3. The maximum absolute atomic E-state index is 11.9. The average Bonchev–Trinajstić information content (AvgIpc) is 3.54. The van der Waals surface area contributed by atoms with Gasteiger partial charge in [0.25, 0.3) is 0 Å². The van der Waals surface area contributed by atoms with Crippen molar-refractivity contribution in [3.05, 3.63) is 11.6 Å². The fraction of sp³-hybridized carbons (Fsp3) is 0.789. The second-order valence-electron chi connectivity index (χ2n) is 6.85. The maximum Gasteiger partial charge on any atom is 0.247 e. The summed E-state index contributed by atoms with van der Waals surface area (Å²) >= 11 is 0. The van der Waals surface area contributed by atoms with E-state index in [1.807, 2.05) is 0 Å². The lowest BCUT2D eigenvalue weighted by molar-refractivity contribution is -0.119. The van der Waals surface area contributed by atoms with Crippen LogP contribution in [0, 0.1) is 0 Å². The number of unbranched alkanes of at least 4 members (excludes halogenated alkanes) is 2. The molecule has 0 aliphatic carbocycles. The second-order valence-corrected chi connectivity index (χ2v) is 6.85. The molecule has 0 saturated carbocycles. The molecule has 2 rings (SSSR count). The number of carbonyl (C=O) groups excluding carboxylic acids is 2. The van der Waals surface area contributed by atoms with E-state index < -0.39 is 0 Å². The fourth-order valence-electron chi connectivity index (χ4n) is 2.28. The van der Waals surface area contributed by atoms with Gasteiger partial charge in [-0.1, -0.05) is 0 Å². The van der Waals surface area contributed by atoms with Gasteiger partial charge in [-0.2, -0.15) is 0 Å². The van der Waals surface area contributed by atoms with E-state index in [1.54, 1.807) is 6.92 Å². The first-order valence-electron chi connectivity index (χ1n) is 9.78. The number of amides is 2. The van der Waals surface area contributed by atoms with E-state index in [4.69, 9.17) is 18.9 Å². The van der Waals surface area contributed by atoms with Gasteiger partial charge in [-0.05, 0) is 32.6 Å². The van der Waals surface area contributed by atoms with Crippen molar-refractivity contribution < 1.29 is 28.5 Å². The summed E-state index contributed by atoms with van der Waals surface area (Å²) in [6.07, 6.45) is 5.37. The lowest BCUT2D eigenvalue weighted by Crippen LogP contribution is -2.28. The monoisotopic (exact) mass is 384 g/mol. The number of carbonyl (C=O) groups is 2. The molecule has 2 heterocycles. The molecular formula is C19H32N2O6. The standard InChI is InChI=1S/C19H32N2O6/c1-15(19(23)21-7-3-5-9-25-12-17-14-27-17)10-18(22)20-6-2-4-8-24-11-16-13-26-16/h10,16-17H,2-9,11-14H2,1H3,(H,20,22)(H,21,23)/b15-10-. The summed E-state index contributed by atoms with van der Waals surface area (Å²) in [5.41, 5.74) is 0.405. The smallest absolute Gasteiger partial charge is 0.247 e. The molecular weight excluding hydrogens is 352 g/mol. The first kappa shape index (κ1) is 21.8.